The van der Waals surface area contributed by atoms with Gasteiger partial charge in [0.25, 0.3) is 0 Å². The summed E-state index contributed by atoms with van der Waals surface area (Å²) in [6.45, 7) is 4.33. The van der Waals surface area contributed by atoms with Gasteiger partial charge in [-0.15, -0.1) is 0 Å². The molecule has 11 N–H and O–H groups in total. The smallest absolute Gasteiger partial charge is 0.526 e. The molecule has 2 aromatic rings. The first kappa shape index (κ1) is 46.1. The molecule has 2 aliphatic carbocycles. The molecular formula is C41H62B2N4O10. The number of phenols is 1. The highest BCUT2D eigenvalue weighted by Crippen LogP contribution is 2.37. The van der Waals surface area contributed by atoms with Gasteiger partial charge < -0.3 is 52.0 Å². The molecule has 0 saturated heterocycles. The van der Waals surface area contributed by atoms with Gasteiger partial charge in [0.2, 0.25) is 0 Å². The largest absolute Gasteiger partial charge is 0.535 e. The summed E-state index contributed by atoms with van der Waals surface area (Å²) in [7, 11) is -2.83. The van der Waals surface area contributed by atoms with Crippen LogP contribution in [0.5, 0.6) is 11.5 Å². The number of Topliss-reactive ketones (excluding diaryl/α,β-unsaturated/α-hetero) is 3. The highest BCUT2D eigenvalue weighted by Gasteiger charge is 2.38. The van der Waals surface area contributed by atoms with Crippen molar-refractivity contribution in [1.29, 1.82) is 0 Å². The molecule has 0 radical (unpaired) electrons. The first-order chi connectivity index (χ1) is 27.3. The maximum absolute atomic E-state index is 12.6. The summed E-state index contributed by atoms with van der Waals surface area (Å²) < 4.78 is 5.48. The Labute approximate surface area is 336 Å². The lowest BCUT2D eigenvalue weighted by Gasteiger charge is -2.30. The number of nitrogens with two attached hydrogens (primary N) is 2. The third-order valence-electron chi connectivity index (χ3n) is 11.7. The van der Waals surface area contributed by atoms with E-state index < -0.39 is 26.0 Å². The average molecular weight is 793 g/mol. The minimum atomic E-state index is -1.67. The van der Waals surface area contributed by atoms with Crippen LogP contribution in [0, 0.1) is 11.8 Å². The number of hydrogen-bond acceptors (Lipinski definition) is 13. The first-order valence-corrected chi connectivity index (χ1v) is 20.6. The number of para-hydroxylation sites is 1. The second-order valence-corrected chi connectivity index (χ2v) is 16.2. The van der Waals surface area contributed by atoms with Crippen LogP contribution < -0.4 is 26.8 Å². The Hall–Kier alpha value is -3.63. The van der Waals surface area contributed by atoms with E-state index in [4.69, 9.17) is 16.1 Å². The van der Waals surface area contributed by atoms with Crippen LogP contribution in [0.4, 0.5) is 0 Å². The number of rotatable bonds is 19. The topological polar surface area (TPSA) is 255 Å². The van der Waals surface area contributed by atoms with Crippen LogP contribution in [-0.4, -0.2) is 101 Å². The Balaban J connectivity index is 0.000000253. The van der Waals surface area contributed by atoms with E-state index in [9.17, 15) is 44.5 Å². The molecule has 0 amide bonds. The standard InChI is InChI=1S/C21H33BN2O5.C20H29BN2O5/c1-14(25)16-4-7-21(27)17(11-16)12-18(22(28)29)13-20(26)10-15-2-5-19(6-3-15)24-9-8-23;22-8-9-23-16-6-4-13(5-7-16)10-17(24)12-15-11-14-2-1-3-18(20(25)26)19(14)28-21(15)27/h4,7,11,15,18-19,24,27-29H,2-3,5-6,8-10,12-13,23H2,1H3;1-3,13,15-16,23,27H,4-12,22H2,(H,25,26). The number of hydrogen-bond donors (Lipinski definition) is 9. The van der Waals surface area contributed by atoms with Gasteiger partial charge in [0.15, 0.2) is 5.78 Å². The Kier molecular flexibility index (Phi) is 18.7. The maximum Gasteiger partial charge on any atom is 0.526 e. The Morgan fingerprint density at radius 1 is 0.860 bits per heavy atom. The molecule has 0 spiro atoms. The van der Waals surface area contributed by atoms with Gasteiger partial charge in [-0.2, -0.15) is 0 Å². The van der Waals surface area contributed by atoms with Crippen molar-refractivity contribution < 1.29 is 49.1 Å². The molecule has 57 heavy (non-hydrogen) atoms. The van der Waals surface area contributed by atoms with Crippen molar-refractivity contribution in [3.8, 4) is 11.5 Å². The molecule has 0 bridgehead atoms. The quantitative estimate of drug-likeness (QED) is 0.0733. The molecule has 2 saturated carbocycles. The van der Waals surface area contributed by atoms with Crippen LogP contribution in [-0.2, 0) is 22.4 Å². The zero-order chi connectivity index (χ0) is 41.5. The molecule has 2 aromatic carbocycles. The number of carbonyl (C=O) groups is 4. The van der Waals surface area contributed by atoms with Crippen molar-refractivity contribution in [2.24, 2.45) is 23.3 Å². The third-order valence-corrected chi connectivity index (χ3v) is 11.7. The van der Waals surface area contributed by atoms with Crippen molar-refractivity contribution in [1.82, 2.24) is 10.6 Å². The fraction of sp³-hybridized carbons (Fsp3) is 0.610. The molecule has 14 nitrogen and oxygen atoms in total. The summed E-state index contributed by atoms with van der Waals surface area (Å²) in [5.74, 6) is -1.22. The minimum absolute atomic E-state index is 0.00341. The fourth-order valence-electron chi connectivity index (χ4n) is 8.47. The fourth-order valence-corrected chi connectivity index (χ4v) is 8.47. The van der Waals surface area contributed by atoms with Gasteiger partial charge in [-0.25, -0.2) is 4.79 Å². The summed E-state index contributed by atoms with van der Waals surface area (Å²) in [6, 6.07) is 10.4. The maximum atomic E-state index is 12.6. The number of benzene rings is 2. The van der Waals surface area contributed by atoms with Crippen molar-refractivity contribution in [2.75, 3.05) is 26.2 Å². The van der Waals surface area contributed by atoms with Gasteiger partial charge >= 0.3 is 20.2 Å². The summed E-state index contributed by atoms with van der Waals surface area (Å²) in [5.41, 5.74) is 12.7. The predicted molar refractivity (Wildman–Crippen MR) is 219 cm³/mol. The second kappa shape index (κ2) is 23.1. The summed E-state index contributed by atoms with van der Waals surface area (Å²) >= 11 is 0. The van der Waals surface area contributed by atoms with Gasteiger partial charge in [-0.05, 0) is 118 Å². The molecule has 3 aliphatic rings. The number of nitrogens with one attached hydrogen (secondary N) is 2. The third kappa shape index (κ3) is 14.6. The van der Waals surface area contributed by atoms with Crippen LogP contribution in [0.25, 0.3) is 0 Å². The predicted octanol–water partition coefficient (Wildman–Crippen LogP) is 3.06. The number of phenolic OH excluding ortho intramolecular Hbond substituents is 1. The lowest BCUT2D eigenvalue weighted by Crippen LogP contribution is -2.37. The van der Waals surface area contributed by atoms with Crippen LogP contribution in [0.15, 0.2) is 36.4 Å². The zero-order valence-corrected chi connectivity index (χ0v) is 33.2. The number of ketones is 3. The number of aromatic carboxylic acids is 1. The monoisotopic (exact) mass is 792 g/mol. The first-order valence-electron chi connectivity index (χ1n) is 20.6. The van der Waals surface area contributed by atoms with Gasteiger partial charge in [0, 0.05) is 81.1 Å². The molecule has 2 unspecified atom stereocenters. The summed E-state index contributed by atoms with van der Waals surface area (Å²) in [4.78, 5) is 48.0. The van der Waals surface area contributed by atoms with E-state index in [0.29, 0.717) is 67.4 Å². The Morgan fingerprint density at radius 3 is 1.96 bits per heavy atom. The Morgan fingerprint density at radius 2 is 1.44 bits per heavy atom. The van der Waals surface area contributed by atoms with Crippen molar-refractivity contribution in [2.45, 2.75) is 121 Å². The molecule has 1 aliphatic heterocycles. The van der Waals surface area contributed by atoms with Gasteiger partial charge in [0.1, 0.15) is 23.1 Å². The van der Waals surface area contributed by atoms with E-state index in [0.717, 1.165) is 70.0 Å². The number of aromatic hydroxyl groups is 1. The molecule has 0 aromatic heterocycles. The average Bonchev–Trinajstić information content (AvgIpc) is 3.18. The van der Waals surface area contributed by atoms with Crippen molar-refractivity contribution in [3.63, 3.8) is 0 Å². The molecule has 2 atom stereocenters. The summed E-state index contributed by atoms with van der Waals surface area (Å²) in [6.07, 6.45) is 10.0. The second-order valence-electron chi connectivity index (χ2n) is 16.2. The molecule has 2 fully saturated rings. The van der Waals surface area contributed by atoms with E-state index in [1.807, 2.05) is 0 Å². The van der Waals surface area contributed by atoms with E-state index in [1.165, 1.54) is 25.1 Å². The Bertz CT molecular complexity index is 1630. The van der Waals surface area contributed by atoms with E-state index >= 15 is 0 Å². The SMILES string of the molecule is CC(=O)c1ccc(O)c(CC(CC(=O)CC2CCC(NCCN)CC2)B(O)O)c1.NCCNC1CCC(CC(=O)CC2Cc3cccc(C(=O)O)c3OB2O)CC1. The number of carbonyl (C=O) groups excluding carboxylic acids is 3. The van der Waals surface area contributed by atoms with Crippen molar-refractivity contribution >= 4 is 37.6 Å². The highest BCUT2D eigenvalue weighted by molar-refractivity contribution is 6.47. The molecule has 5 rings (SSSR count). The molecule has 1 heterocycles. The van der Waals surface area contributed by atoms with Crippen molar-refractivity contribution in [3.05, 3.63) is 58.7 Å². The summed E-state index contributed by atoms with van der Waals surface area (Å²) in [5, 5.41) is 56.0. The van der Waals surface area contributed by atoms with Gasteiger partial charge in [-0.3, -0.25) is 14.4 Å². The lowest BCUT2D eigenvalue weighted by atomic mass is 9.64. The lowest BCUT2D eigenvalue weighted by molar-refractivity contribution is -0.121. The highest BCUT2D eigenvalue weighted by atomic mass is 16.5. The van der Waals surface area contributed by atoms with Gasteiger partial charge in [0.05, 0.1) is 5.56 Å². The molecule has 16 heteroatoms. The van der Waals surface area contributed by atoms with Crippen LogP contribution in [0.1, 0.15) is 116 Å². The van der Waals surface area contributed by atoms with Gasteiger partial charge in [-0.1, -0.05) is 12.1 Å². The number of carboxylic acid groups (broad SMARTS) is 1. The zero-order valence-electron chi connectivity index (χ0n) is 33.2. The van der Waals surface area contributed by atoms with Crippen LogP contribution in [0.3, 0.4) is 0 Å². The number of carboxylic acids is 1. The number of fused-ring (bicyclic) bond motifs is 1. The van der Waals surface area contributed by atoms with Crippen LogP contribution >= 0.6 is 0 Å². The normalized spacial score (nSPS) is 22.3. The van der Waals surface area contributed by atoms with Crippen LogP contribution in [0.2, 0.25) is 11.6 Å². The molecule has 312 valence electrons. The van der Waals surface area contributed by atoms with E-state index in [1.54, 1.807) is 18.2 Å². The molecular weight excluding hydrogens is 730 g/mol. The minimum Gasteiger partial charge on any atom is -0.535 e. The van der Waals surface area contributed by atoms with E-state index in [-0.39, 0.29) is 59.5 Å². The van der Waals surface area contributed by atoms with E-state index in [2.05, 4.69) is 10.6 Å².